The molecule has 6 aliphatic rings. The van der Waals surface area contributed by atoms with Gasteiger partial charge in [-0.2, -0.15) is 0 Å². The molecule has 6 fully saturated rings. The van der Waals surface area contributed by atoms with E-state index in [1.165, 1.54) is 44.9 Å². The van der Waals surface area contributed by atoms with Crippen molar-refractivity contribution in [2.45, 2.75) is 144 Å². The van der Waals surface area contributed by atoms with E-state index in [0.717, 1.165) is 36.5 Å². The van der Waals surface area contributed by atoms with E-state index >= 15 is 0 Å². The van der Waals surface area contributed by atoms with Crippen LogP contribution in [0.5, 0.6) is 0 Å². The molecular weight excluding hydrogens is 428 g/mol. The summed E-state index contributed by atoms with van der Waals surface area (Å²) in [6.45, 7) is 24.8. The summed E-state index contributed by atoms with van der Waals surface area (Å²) in [7, 11) is 0. The zero-order valence-electron chi connectivity index (χ0n) is 24.8. The molecule has 0 bridgehead atoms. The maximum Gasteiger partial charge on any atom is 0.0865 e. The van der Waals surface area contributed by atoms with Gasteiger partial charge in [0.05, 0.1) is 17.3 Å². The molecule has 2 heteroatoms. The Kier molecular flexibility index (Phi) is 4.98. The predicted molar refractivity (Wildman–Crippen MR) is 144 cm³/mol. The van der Waals surface area contributed by atoms with Gasteiger partial charge < -0.3 is 9.84 Å². The Bertz CT molecular complexity index is 901. The van der Waals surface area contributed by atoms with Gasteiger partial charge >= 0.3 is 0 Å². The Hall–Kier alpha value is -0.0800. The lowest BCUT2D eigenvalue weighted by atomic mass is 9.39. The Morgan fingerprint density at radius 1 is 0.771 bits per heavy atom. The van der Waals surface area contributed by atoms with Gasteiger partial charge in [0.25, 0.3) is 0 Å². The molecule has 0 aromatic carbocycles. The van der Waals surface area contributed by atoms with Gasteiger partial charge in [-0.1, -0.05) is 48.5 Å². The monoisotopic (exact) mass is 484 g/mol. The fraction of sp³-hybridized carbons (Fsp3) is 1.00. The summed E-state index contributed by atoms with van der Waals surface area (Å²) in [4.78, 5) is 0. The number of rotatable bonds is 2. The van der Waals surface area contributed by atoms with Gasteiger partial charge in [0.15, 0.2) is 0 Å². The third kappa shape index (κ3) is 2.81. The van der Waals surface area contributed by atoms with E-state index in [1.54, 1.807) is 0 Å². The number of hydrogen-bond acceptors (Lipinski definition) is 2. The van der Waals surface area contributed by atoms with Crippen molar-refractivity contribution in [2.24, 2.45) is 62.6 Å². The van der Waals surface area contributed by atoms with Crippen LogP contribution in [0.25, 0.3) is 0 Å². The van der Waals surface area contributed by atoms with Gasteiger partial charge in [-0.25, -0.2) is 0 Å². The first-order valence-corrected chi connectivity index (χ1v) is 15.4. The number of ether oxygens (including phenoxy) is 1. The Labute approximate surface area is 216 Å². The summed E-state index contributed by atoms with van der Waals surface area (Å²) in [6.07, 6.45) is 12.2. The molecule has 1 N–H and O–H groups in total. The molecule has 2 nitrogen and oxygen atoms in total. The molecule has 6 rings (SSSR count). The molecule has 1 aliphatic heterocycles. The molecule has 0 aromatic heterocycles. The molecule has 1 heterocycles. The van der Waals surface area contributed by atoms with E-state index in [9.17, 15) is 5.11 Å². The van der Waals surface area contributed by atoms with Crippen LogP contribution in [0.4, 0.5) is 0 Å². The van der Waals surface area contributed by atoms with E-state index in [-0.39, 0.29) is 11.7 Å². The van der Waals surface area contributed by atoms with Gasteiger partial charge in [-0.05, 0) is 141 Å². The molecule has 5 saturated carbocycles. The van der Waals surface area contributed by atoms with Crippen LogP contribution in [0, 0.1) is 62.6 Å². The van der Waals surface area contributed by atoms with Gasteiger partial charge in [-0.15, -0.1) is 0 Å². The second-order valence-electron chi connectivity index (χ2n) is 17.1. The van der Waals surface area contributed by atoms with Gasteiger partial charge in [0.1, 0.15) is 0 Å². The zero-order valence-corrected chi connectivity index (χ0v) is 24.8. The topological polar surface area (TPSA) is 29.5 Å². The Morgan fingerprint density at radius 3 is 2.09 bits per heavy atom. The van der Waals surface area contributed by atoms with E-state index < -0.39 is 5.60 Å². The van der Waals surface area contributed by atoms with E-state index in [0.29, 0.717) is 38.9 Å². The van der Waals surface area contributed by atoms with E-state index in [4.69, 9.17) is 4.74 Å². The fourth-order valence-electron chi connectivity index (χ4n) is 13.5. The summed E-state index contributed by atoms with van der Waals surface area (Å²) in [5.41, 5.74) is 1.63. The van der Waals surface area contributed by atoms with Crippen molar-refractivity contribution >= 4 is 0 Å². The van der Waals surface area contributed by atoms with Crippen molar-refractivity contribution in [3.05, 3.63) is 0 Å². The lowest BCUT2D eigenvalue weighted by Gasteiger charge is -2.65. The molecule has 5 aliphatic carbocycles. The average molecular weight is 485 g/mol. The SMILES string of the molecule is C[C@H]1C[C@@]2(C)C3C[C@H](C)[C@H]4C(C)(C)[C@@H](C)CC[C@@]45C[C@@]35CC[C@]2(C)[C@H]1[C@@]1(C)CC[C@@H](C(C)(C)O)O1. The normalized spacial score (nSPS) is 60.9. The smallest absolute Gasteiger partial charge is 0.0865 e. The van der Waals surface area contributed by atoms with Crippen LogP contribution in [0.2, 0.25) is 0 Å². The highest BCUT2D eigenvalue weighted by molar-refractivity contribution is 5.32. The summed E-state index contributed by atoms with van der Waals surface area (Å²) >= 11 is 0. The lowest BCUT2D eigenvalue weighted by Crippen LogP contribution is -2.60. The minimum Gasteiger partial charge on any atom is -0.388 e. The largest absolute Gasteiger partial charge is 0.388 e. The first-order valence-electron chi connectivity index (χ1n) is 15.4. The first-order chi connectivity index (χ1) is 16.0. The quantitative estimate of drug-likeness (QED) is 0.427. The van der Waals surface area contributed by atoms with Crippen LogP contribution in [-0.2, 0) is 4.74 Å². The molecule has 0 aromatic rings. The number of fused-ring (bicyclic) bond motifs is 2. The van der Waals surface area contributed by atoms with Crippen molar-refractivity contribution in [1.82, 2.24) is 0 Å². The molecule has 2 spiro atoms. The predicted octanol–water partition coefficient (Wildman–Crippen LogP) is 8.26. The molecule has 1 unspecified atom stereocenters. The van der Waals surface area contributed by atoms with E-state index in [1.807, 2.05) is 13.8 Å². The molecule has 35 heavy (non-hydrogen) atoms. The van der Waals surface area contributed by atoms with Crippen molar-refractivity contribution in [1.29, 1.82) is 0 Å². The summed E-state index contributed by atoms with van der Waals surface area (Å²) in [6, 6.07) is 0. The van der Waals surface area contributed by atoms with E-state index in [2.05, 4.69) is 55.4 Å². The van der Waals surface area contributed by atoms with Gasteiger partial charge in [-0.3, -0.25) is 0 Å². The molecule has 12 atom stereocenters. The summed E-state index contributed by atoms with van der Waals surface area (Å²) < 4.78 is 6.89. The molecule has 1 saturated heterocycles. The van der Waals surface area contributed by atoms with Gasteiger partial charge in [0, 0.05) is 0 Å². The minimum absolute atomic E-state index is 0.0290. The molecular formula is C33H56O2. The minimum atomic E-state index is -0.750. The summed E-state index contributed by atoms with van der Waals surface area (Å²) in [5, 5.41) is 10.8. The lowest BCUT2D eigenvalue weighted by molar-refractivity contribution is -0.196. The van der Waals surface area contributed by atoms with Crippen molar-refractivity contribution in [2.75, 3.05) is 0 Å². The molecule has 200 valence electrons. The van der Waals surface area contributed by atoms with Gasteiger partial charge in [0.2, 0.25) is 0 Å². The van der Waals surface area contributed by atoms with Crippen molar-refractivity contribution in [3.8, 4) is 0 Å². The number of aliphatic hydroxyl groups is 1. The molecule has 0 amide bonds. The average Bonchev–Trinajstić information content (AvgIpc) is 3.08. The fourth-order valence-corrected chi connectivity index (χ4v) is 13.5. The zero-order chi connectivity index (χ0) is 25.6. The number of hydrogen-bond donors (Lipinski definition) is 1. The van der Waals surface area contributed by atoms with Crippen LogP contribution >= 0.6 is 0 Å². The van der Waals surface area contributed by atoms with Crippen LogP contribution in [0.15, 0.2) is 0 Å². The van der Waals surface area contributed by atoms with Crippen LogP contribution in [-0.4, -0.2) is 22.4 Å². The van der Waals surface area contributed by atoms with Crippen LogP contribution < -0.4 is 0 Å². The first kappa shape index (κ1) is 25.2. The maximum absolute atomic E-state index is 10.8. The third-order valence-corrected chi connectivity index (χ3v) is 15.0. The maximum atomic E-state index is 10.8. The second-order valence-corrected chi connectivity index (χ2v) is 17.1. The highest BCUT2D eigenvalue weighted by atomic mass is 16.5. The summed E-state index contributed by atoms with van der Waals surface area (Å²) in [5.74, 6) is 4.79. The Morgan fingerprint density at radius 2 is 1.46 bits per heavy atom. The Balaban J connectivity index is 1.37. The van der Waals surface area contributed by atoms with Crippen molar-refractivity contribution < 1.29 is 9.84 Å². The van der Waals surface area contributed by atoms with Crippen molar-refractivity contribution in [3.63, 3.8) is 0 Å². The standard InChI is InChI=1S/C33H56O2/c1-20-17-23-30(9)18-21(2)26(31(10)13-12-24(35-31)28(6,7)34)29(30,8)15-16-32(23)19-33(32)14-11-22(3)27(4,5)25(20)33/h20-26,34H,11-19H2,1-10H3/t20-,21-,22-,23?,24-,25-,26-,29+,30-,31+,32-,33+/m0/s1. The third-order valence-electron chi connectivity index (χ3n) is 15.0. The highest BCUT2D eigenvalue weighted by Gasteiger charge is 2.83. The van der Waals surface area contributed by atoms with Crippen LogP contribution in [0.1, 0.15) is 127 Å². The van der Waals surface area contributed by atoms with Crippen LogP contribution in [0.3, 0.4) is 0 Å². The highest BCUT2D eigenvalue weighted by Crippen LogP contribution is 2.90. The molecule has 0 radical (unpaired) electrons. The second kappa shape index (κ2) is 6.91.